The Morgan fingerprint density at radius 1 is 0.566 bits per heavy atom. The van der Waals surface area contributed by atoms with Crippen molar-refractivity contribution < 1.29 is 40.7 Å². The summed E-state index contributed by atoms with van der Waals surface area (Å²) < 4.78 is 83.9. The summed E-state index contributed by atoms with van der Waals surface area (Å²) >= 11 is 0. The van der Waals surface area contributed by atoms with E-state index in [4.69, 9.17) is 4.74 Å². The summed E-state index contributed by atoms with van der Waals surface area (Å²) in [7, 11) is 0. The molecule has 0 atom stereocenters. The molecule has 2 aliphatic rings. The molecule has 2 heterocycles. The molecule has 0 saturated carbocycles. The van der Waals surface area contributed by atoms with E-state index < -0.39 is 35.0 Å². The number of halogens is 6. The van der Waals surface area contributed by atoms with Crippen LogP contribution in [0.15, 0.2) is 131 Å². The van der Waals surface area contributed by atoms with Crippen LogP contribution in [0, 0.1) is 22.7 Å². The lowest BCUT2D eigenvalue weighted by Crippen LogP contribution is -2.29. The quantitative estimate of drug-likeness (QED) is 0.132. The molecule has 0 aliphatic carbocycles. The molecule has 0 bridgehead atoms. The summed E-state index contributed by atoms with van der Waals surface area (Å²) in [4.78, 5) is 26.6. The Bertz CT molecular complexity index is 2120. The average Bonchev–Trinajstić information content (AvgIpc) is 3.17. The first-order chi connectivity index (χ1) is 25.2. The standard InChI is InChI=1S/C38H22F6N6O3/c39-37(40,41)27-5-9-29(10-6-27)49-21-23(19-45)17-33(47-49)35(51)25-1-13-31(14-2-25)53-32-15-3-26(4-16-32)36(52)34-18-24(20-46)22-50(48-34)30-11-7-28(8-12-30)38(42,43)44/h1-18H,21-22H2. The van der Waals surface area contributed by atoms with E-state index in [1.165, 1.54) is 95.0 Å². The van der Waals surface area contributed by atoms with Gasteiger partial charge < -0.3 is 4.74 Å². The van der Waals surface area contributed by atoms with Gasteiger partial charge in [0.15, 0.2) is 0 Å². The molecule has 0 aromatic heterocycles. The van der Waals surface area contributed by atoms with E-state index in [-0.39, 0.29) is 58.2 Å². The minimum absolute atomic E-state index is 0.0390. The van der Waals surface area contributed by atoms with Crippen molar-refractivity contribution in [1.29, 1.82) is 10.5 Å². The molecule has 4 aromatic carbocycles. The second-order valence-electron chi connectivity index (χ2n) is 11.5. The number of hydrogen-bond acceptors (Lipinski definition) is 9. The first-order valence-corrected chi connectivity index (χ1v) is 15.5. The summed E-state index contributed by atoms with van der Waals surface area (Å²) in [6, 6.07) is 24.2. The number of hydrogen-bond donors (Lipinski definition) is 0. The van der Waals surface area contributed by atoms with Crippen LogP contribution in [0.5, 0.6) is 11.5 Å². The summed E-state index contributed by atoms with van der Waals surface area (Å²) in [5, 5.41) is 30.1. The number of rotatable bonds is 8. The topological polar surface area (TPSA) is 122 Å². The first-order valence-electron chi connectivity index (χ1n) is 15.5. The number of carbonyl (C=O) groups excluding carboxylic acids is 2. The number of nitrogens with zero attached hydrogens (tertiary/aromatic N) is 6. The van der Waals surface area contributed by atoms with Crippen LogP contribution in [0.2, 0.25) is 0 Å². The number of allylic oxidation sites excluding steroid dienone is 2. The number of anilines is 2. The largest absolute Gasteiger partial charge is 0.457 e. The average molecular weight is 725 g/mol. The van der Waals surface area contributed by atoms with Gasteiger partial charge in [-0.15, -0.1) is 0 Å². The van der Waals surface area contributed by atoms with Gasteiger partial charge in [-0.3, -0.25) is 19.6 Å². The number of alkyl halides is 6. The highest BCUT2D eigenvalue weighted by Crippen LogP contribution is 2.33. The Hall–Kier alpha value is -7.00. The van der Waals surface area contributed by atoms with Crippen molar-refractivity contribution in [3.8, 4) is 23.6 Å². The first kappa shape index (κ1) is 35.8. The van der Waals surface area contributed by atoms with E-state index >= 15 is 0 Å². The van der Waals surface area contributed by atoms with Gasteiger partial charge in [-0.2, -0.15) is 47.1 Å². The van der Waals surface area contributed by atoms with Crippen LogP contribution in [-0.4, -0.2) is 36.1 Å². The van der Waals surface area contributed by atoms with Crippen LogP contribution in [0.4, 0.5) is 37.7 Å². The third-order valence-corrected chi connectivity index (χ3v) is 7.93. The van der Waals surface area contributed by atoms with E-state index in [0.29, 0.717) is 11.5 Å². The normalized spacial score (nSPS) is 14.6. The van der Waals surface area contributed by atoms with Gasteiger partial charge in [0.25, 0.3) is 0 Å². The fraction of sp³-hybridized carbons (Fsp3) is 0.105. The molecule has 53 heavy (non-hydrogen) atoms. The van der Waals surface area contributed by atoms with E-state index in [2.05, 4.69) is 10.2 Å². The fourth-order valence-electron chi connectivity index (χ4n) is 5.21. The molecule has 0 fully saturated rings. The van der Waals surface area contributed by atoms with E-state index in [0.717, 1.165) is 24.3 Å². The van der Waals surface area contributed by atoms with Crippen LogP contribution in [0.1, 0.15) is 31.8 Å². The summed E-state index contributed by atoms with van der Waals surface area (Å²) in [6.45, 7) is -0.0780. The number of Topliss-reactive ketones (excluding diaryl/α,β-unsaturated/α-hetero) is 2. The summed E-state index contributed by atoms with van der Waals surface area (Å²) in [5.74, 6) is -0.424. The number of benzene rings is 4. The number of hydrazone groups is 2. The van der Waals surface area contributed by atoms with Crippen LogP contribution in [0.3, 0.4) is 0 Å². The van der Waals surface area contributed by atoms with E-state index in [1.54, 1.807) is 0 Å². The SMILES string of the molecule is N#CC1=CC(C(=O)c2ccc(Oc3ccc(C(=O)C4=NN(c5ccc(C(F)(F)F)cc5)CC(C#N)=C4)cc3)cc2)=NN(c2ccc(C(F)(F)F)cc2)C1. The van der Waals surface area contributed by atoms with Crippen LogP contribution in [0.25, 0.3) is 0 Å². The minimum Gasteiger partial charge on any atom is -0.457 e. The minimum atomic E-state index is -4.53. The molecule has 0 spiro atoms. The molecule has 9 nitrogen and oxygen atoms in total. The van der Waals surface area contributed by atoms with Gasteiger partial charge in [0.2, 0.25) is 11.6 Å². The lowest BCUT2D eigenvalue weighted by atomic mass is 10.0. The highest BCUT2D eigenvalue weighted by molar-refractivity contribution is 6.50. The molecule has 4 aromatic rings. The Morgan fingerprint density at radius 3 is 1.21 bits per heavy atom. The smallest absolute Gasteiger partial charge is 0.416 e. The van der Waals surface area contributed by atoms with Crippen molar-refractivity contribution in [2.45, 2.75) is 12.4 Å². The van der Waals surface area contributed by atoms with Gasteiger partial charge in [-0.05, 0) is 109 Å². The number of ether oxygens (including phenoxy) is 1. The van der Waals surface area contributed by atoms with Gasteiger partial charge >= 0.3 is 12.4 Å². The van der Waals surface area contributed by atoms with Crippen LogP contribution >= 0.6 is 0 Å². The van der Waals surface area contributed by atoms with Gasteiger partial charge in [-0.25, -0.2) is 0 Å². The number of carbonyl (C=O) groups is 2. The molecule has 0 radical (unpaired) electrons. The maximum Gasteiger partial charge on any atom is 0.416 e. The summed E-state index contributed by atoms with van der Waals surface area (Å²) in [6.07, 6.45) is -6.42. The van der Waals surface area contributed by atoms with E-state index in [9.17, 15) is 46.5 Å². The van der Waals surface area contributed by atoms with Crippen molar-refractivity contribution in [3.63, 3.8) is 0 Å². The van der Waals surface area contributed by atoms with Gasteiger partial charge in [0.1, 0.15) is 22.9 Å². The maximum atomic E-state index is 13.3. The zero-order valence-electron chi connectivity index (χ0n) is 27.0. The molecule has 264 valence electrons. The molecule has 15 heteroatoms. The predicted molar refractivity (Wildman–Crippen MR) is 181 cm³/mol. The molecular weight excluding hydrogens is 702 g/mol. The van der Waals surface area contributed by atoms with Gasteiger partial charge in [-0.1, -0.05) is 0 Å². The Kier molecular flexibility index (Phi) is 9.68. The number of nitriles is 2. The molecule has 0 unspecified atom stereocenters. The molecule has 6 rings (SSSR count). The van der Waals surface area contributed by atoms with Crippen molar-refractivity contribution in [2.24, 2.45) is 10.2 Å². The van der Waals surface area contributed by atoms with Crippen molar-refractivity contribution >= 4 is 34.4 Å². The molecule has 2 aliphatic heterocycles. The molecule has 0 N–H and O–H groups in total. The zero-order chi connectivity index (χ0) is 37.9. The lowest BCUT2D eigenvalue weighted by Gasteiger charge is -2.23. The second-order valence-corrected chi connectivity index (χ2v) is 11.5. The Balaban J connectivity index is 1.13. The van der Waals surface area contributed by atoms with Crippen LogP contribution < -0.4 is 14.8 Å². The third kappa shape index (κ3) is 8.16. The third-order valence-electron chi connectivity index (χ3n) is 7.93. The van der Waals surface area contributed by atoms with Gasteiger partial charge in [0.05, 0.1) is 58.9 Å². The highest BCUT2D eigenvalue weighted by atomic mass is 19.4. The van der Waals surface area contributed by atoms with Crippen molar-refractivity contribution in [2.75, 3.05) is 23.1 Å². The van der Waals surface area contributed by atoms with Crippen molar-refractivity contribution in [1.82, 2.24) is 0 Å². The second kappa shape index (κ2) is 14.3. The fourth-order valence-corrected chi connectivity index (χ4v) is 5.21. The maximum absolute atomic E-state index is 13.3. The van der Waals surface area contributed by atoms with Crippen molar-refractivity contribution in [3.05, 3.63) is 143 Å². The Morgan fingerprint density at radius 2 is 0.906 bits per heavy atom. The lowest BCUT2D eigenvalue weighted by molar-refractivity contribution is -0.138. The molecular formula is C38H22F6N6O3. The zero-order valence-corrected chi connectivity index (χ0v) is 27.0. The monoisotopic (exact) mass is 724 g/mol. The van der Waals surface area contributed by atoms with E-state index in [1.807, 2.05) is 12.1 Å². The predicted octanol–water partition coefficient (Wildman–Crippen LogP) is 8.53. The number of ketones is 2. The molecule has 0 amide bonds. The van der Waals surface area contributed by atoms with Crippen LogP contribution in [-0.2, 0) is 12.4 Å². The Labute approximate surface area is 297 Å². The summed E-state index contributed by atoms with van der Waals surface area (Å²) in [5.41, 5.74) is -0.615. The molecule has 0 saturated heterocycles. The van der Waals surface area contributed by atoms with Gasteiger partial charge in [0, 0.05) is 11.1 Å². The highest BCUT2D eigenvalue weighted by Gasteiger charge is 2.32.